The van der Waals surface area contributed by atoms with Gasteiger partial charge in [-0.3, -0.25) is 0 Å². The van der Waals surface area contributed by atoms with E-state index in [0.717, 1.165) is 5.56 Å². The number of thiophene rings is 1. The molecular weight excluding hydrogens is 324 g/mol. The Morgan fingerprint density at radius 3 is 2.95 bits per heavy atom. The number of aliphatic hydroxyl groups excluding tert-OH is 1. The molecule has 1 unspecified atom stereocenters. The van der Waals surface area contributed by atoms with Crippen LogP contribution in [0, 0.1) is 0 Å². The van der Waals surface area contributed by atoms with Gasteiger partial charge in [0, 0.05) is 12.0 Å². The van der Waals surface area contributed by atoms with Gasteiger partial charge in [0.1, 0.15) is 10.1 Å². The van der Waals surface area contributed by atoms with Crippen molar-refractivity contribution in [1.29, 1.82) is 0 Å². The van der Waals surface area contributed by atoms with E-state index in [9.17, 15) is 9.90 Å². The van der Waals surface area contributed by atoms with Crippen molar-refractivity contribution >= 4 is 34.7 Å². The van der Waals surface area contributed by atoms with Crippen molar-refractivity contribution in [3.05, 3.63) is 45.6 Å². The van der Waals surface area contributed by atoms with Crippen LogP contribution in [0.4, 0.5) is 10.5 Å². The summed E-state index contributed by atoms with van der Waals surface area (Å²) in [5.41, 5.74) is 0.467. The van der Waals surface area contributed by atoms with Gasteiger partial charge in [0.15, 0.2) is 0 Å². The molecule has 3 N–H and O–H groups in total. The lowest BCUT2D eigenvalue weighted by molar-refractivity contribution is 0.115. The first-order chi connectivity index (χ1) is 10.6. The number of halogens is 1. The first-order valence-corrected chi connectivity index (χ1v) is 8.06. The molecule has 0 fully saturated rings. The summed E-state index contributed by atoms with van der Waals surface area (Å²) in [5, 5.41) is 17.3. The smallest absolute Gasteiger partial charge is 0.320 e. The largest absolute Gasteiger partial charge is 0.493 e. The molecule has 7 heteroatoms. The van der Waals surface area contributed by atoms with E-state index in [1.807, 2.05) is 24.3 Å². The second kappa shape index (κ2) is 6.16. The summed E-state index contributed by atoms with van der Waals surface area (Å²) in [6, 6.07) is 8.71. The van der Waals surface area contributed by atoms with E-state index < -0.39 is 11.6 Å². The molecule has 2 aromatic rings. The summed E-state index contributed by atoms with van der Waals surface area (Å²) in [6.45, 7) is 0.217. The van der Waals surface area contributed by atoms with E-state index in [0.29, 0.717) is 28.8 Å². The van der Waals surface area contributed by atoms with Crippen LogP contribution in [-0.4, -0.2) is 24.4 Å². The highest BCUT2D eigenvalue weighted by molar-refractivity contribution is 7.15. The minimum absolute atomic E-state index is 0.210. The van der Waals surface area contributed by atoms with Gasteiger partial charge in [-0.1, -0.05) is 29.8 Å². The molecule has 1 aliphatic rings. The van der Waals surface area contributed by atoms with Gasteiger partial charge in [0.2, 0.25) is 0 Å². The lowest BCUT2D eigenvalue weighted by Crippen LogP contribution is -2.52. The number of ether oxygens (including phenoxy) is 1. The van der Waals surface area contributed by atoms with Crippen molar-refractivity contribution in [3.8, 4) is 5.75 Å². The molecule has 1 aliphatic heterocycles. The molecule has 0 radical (unpaired) electrons. The summed E-state index contributed by atoms with van der Waals surface area (Å²) in [6.07, 6.45) is 0.491. The normalized spacial score (nSPS) is 19.9. The van der Waals surface area contributed by atoms with Crippen LogP contribution >= 0.6 is 22.9 Å². The Kier molecular flexibility index (Phi) is 4.24. The van der Waals surface area contributed by atoms with Gasteiger partial charge in [0.05, 0.1) is 24.4 Å². The Morgan fingerprint density at radius 2 is 2.23 bits per heavy atom. The van der Waals surface area contributed by atoms with Crippen LogP contribution < -0.4 is 15.4 Å². The first kappa shape index (κ1) is 15.1. The molecule has 116 valence electrons. The maximum absolute atomic E-state index is 12.3. The van der Waals surface area contributed by atoms with Gasteiger partial charge in [-0.2, -0.15) is 0 Å². The zero-order chi connectivity index (χ0) is 15.6. The maximum Gasteiger partial charge on any atom is 0.320 e. The average Bonchev–Trinajstić information content (AvgIpc) is 2.92. The van der Waals surface area contributed by atoms with Crippen molar-refractivity contribution in [2.75, 3.05) is 18.5 Å². The number of carbonyl (C=O) groups excluding carboxylic acids is 1. The average molecular weight is 339 g/mol. The molecule has 1 aromatic carbocycles. The number of nitrogens with one attached hydrogen (secondary N) is 2. The molecule has 0 saturated heterocycles. The minimum atomic E-state index is -0.860. The van der Waals surface area contributed by atoms with Crippen LogP contribution in [-0.2, 0) is 5.54 Å². The predicted molar refractivity (Wildman–Crippen MR) is 86.8 cm³/mol. The van der Waals surface area contributed by atoms with Gasteiger partial charge in [-0.25, -0.2) is 4.79 Å². The highest BCUT2D eigenvalue weighted by Crippen LogP contribution is 2.36. The molecular formula is C15H15ClN2O3S. The lowest BCUT2D eigenvalue weighted by atomic mass is 9.85. The Bertz CT molecular complexity index is 691. The van der Waals surface area contributed by atoms with E-state index in [-0.39, 0.29) is 6.61 Å². The van der Waals surface area contributed by atoms with Crippen LogP contribution in [0.3, 0.4) is 0 Å². The van der Waals surface area contributed by atoms with Crippen molar-refractivity contribution in [3.63, 3.8) is 0 Å². The number of fused-ring (bicyclic) bond motifs is 1. The number of urea groups is 1. The topological polar surface area (TPSA) is 70.6 Å². The second-order valence-electron chi connectivity index (χ2n) is 5.02. The zero-order valence-corrected chi connectivity index (χ0v) is 13.2. The van der Waals surface area contributed by atoms with Gasteiger partial charge in [-0.15, -0.1) is 11.3 Å². The van der Waals surface area contributed by atoms with Crippen LogP contribution in [0.1, 0.15) is 12.0 Å². The molecule has 0 saturated carbocycles. The van der Waals surface area contributed by atoms with Crippen LogP contribution in [0.25, 0.3) is 0 Å². The van der Waals surface area contributed by atoms with Crippen LogP contribution in [0.15, 0.2) is 35.7 Å². The Balaban J connectivity index is 1.83. The van der Waals surface area contributed by atoms with Crippen molar-refractivity contribution < 1.29 is 14.6 Å². The minimum Gasteiger partial charge on any atom is -0.493 e. The van der Waals surface area contributed by atoms with Gasteiger partial charge < -0.3 is 20.5 Å². The molecule has 0 spiro atoms. The third kappa shape index (κ3) is 2.77. The van der Waals surface area contributed by atoms with E-state index >= 15 is 0 Å². The number of anilines is 1. The third-order valence-electron chi connectivity index (χ3n) is 3.68. The second-order valence-corrected chi connectivity index (χ2v) is 6.54. The molecule has 0 aliphatic carbocycles. The quantitative estimate of drug-likeness (QED) is 0.805. The molecule has 5 nitrogen and oxygen atoms in total. The number of aliphatic hydroxyl groups is 1. The lowest BCUT2D eigenvalue weighted by Gasteiger charge is -2.38. The van der Waals surface area contributed by atoms with Crippen molar-refractivity contribution in [1.82, 2.24) is 5.32 Å². The standard InChI is InChI=1S/C15H15ClN2O3S/c16-13-11(5-8-22-13)17-14(20)18-15(9-19)6-7-21-12-4-2-1-3-10(12)15/h1-5,8,19H,6-7,9H2,(H2,17,18,20). The summed E-state index contributed by atoms with van der Waals surface area (Å²) in [4.78, 5) is 12.3. The predicted octanol–water partition coefficient (Wildman–Crippen LogP) is 3.19. The molecule has 3 rings (SSSR count). The van der Waals surface area contributed by atoms with Gasteiger partial charge in [-0.05, 0) is 17.5 Å². The molecule has 1 atom stereocenters. The Hall–Kier alpha value is -1.76. The van der Waals surface area contributed by atoms with E-state index in [1.165, 1.54) is 11.3 Å². The highest BCUT2D eigenvalue weighted by atomic mass is 35.5. The van der Waals surface area contributed by atoms with E-state index in [4.69, 9.17) is 16.3 Å². The van der Waals surface area contributed by atoms with E-state index in [2.05, 4.69) is 10.6 Å². The number of carbonyl (C=O) groups is 1. The summed E-state index contributed by atoms with van der Waals surface area (Å²) in [7, 11) is 0. The fraction of sp³-hybridized carbons (Fsp3) is 0.267. The van der Waals surface area contributed by atoms with Crippen LogP contribution in [0.5, 0.6) is 5.75 Å². The van der Waals surface area contributed by atoms with E-state index in [1.54, 1.807) is 11.4 Å². The highest BCUT2D eigenvalue weighted by Gasteiger charge is 2.38. The monoisotopic (exact) mass is 338 g/mol. The van der Waals surface area contributed by atoms with Crippen molar-refractivity contribution in [2.24, 2.45) is 0 Å². The Labute approximate surface area is 136 Å². The zero-order valence-electron chi connectivity index (χ0n) is 11.6. The first-order valence-electron chi connectivity index (χ1n) is 6.80. The Morgan fingerprint density at radius 1 is 1.41 bits per heavy atom. The van der Waals surface area contributed by atoms with Crippen LogP contribution in [0.2, 0.25) is 4.34 Å². The molecule has 2 amide bonds. The van der Waals surface area contributed by atoms with Crippen molar-refractivity contribution in [2.45, 2.75) is 12.0 Å². The number of benzene rings is 1. The summed E-state index contributed by atoms with van der Waals surface area (Å²) >= 11 is 7.32. The SMILES string of the molecule is O=C(Nc1ccsc1Cl)NC1(CO)CCOc2ccccc21. The summed E-state index contributed by atoms with van der Waals surface area (Å²) in [5.74, 6) is 0.677. The fourth-order valence-electron chi connectivity index (χ4n) is 2.54. The number of hydrogen-bond acceptors (Lipinski definition) is 4. The number of hydrogen-bond donors (Lipinski definition) is 3. The number of amides is 2. The van der Waals surface area contributed by atoms with Gasteiger partial charge in [0.25, 0.3) is 0 Å². The molecule has 2 heterocycles. The maximum atomic E-state index is 12.3. The number of rotatable bonds is 3. The van der Waals surface area contributed by atoms with Gasteiger partial charge >= 0.3 is 6.03 Å². The third-order valence-corrected chi connectivity index (χ3v) is 4.85. The molecule has 0 bridgehead atoms. The molecule has 22 heavy (non-hydrogen) atoms. The number of para-hydroxylation sites is 1. The fourth-order valence-corrected chi connectivity index (χ4v) is 3.38. The summed E-state index contributed by atoms with van der Waals surface area (Å²) < 4.78 is 6.10. The molecule has 1 aromatic heterocycles.